The summed E-state index contributed by atoms with van der Waals surface area (Å²) in [4.78, 5) is 27.2. The molecule has 0 radical (unpaired) electrons. The first-order chi connectivity index (χ1) is 10.7. The molecule has 0 saturated carbocycles. The summed E-state index contributed by atoms with van der Waals surface area (Å²) in [7, 11) is 0. The second kappa shape index (κ2) is 7.58. The first-order valence-electron chi connectivity index (χ1n) is 7.11. The zero-order valence-electron chi connectivity index (χ0n) is 13.9. The molecular weight excluding hydrogens is 296 g/mol. The highest BCUT2D eigenvalue weighted by atomic mass is 16.6. The number of carboxylic acids is 1. The molecule has 0 aromatic carbocycles. The van der Waals surface area contributed by atoms with Gasteiger partial charge in [-0.1, -0.05) is 24.8 Å². The molecule has 0 aliphatic heterocycles. The fourth-order valence-corrected chi connectivity index (χ4v) is 1.77. The summed E-state index contributed by atoms with van der Waals surface area (Å²) in [6.45, 7) is 10.8. The van der Waals surface area contributed by atoms with Gasteiger partial charge in [0.1, 0.15) is 11.3 Å². The number of allylic oxidation sites excluding steroid dienone is 4. The molecule has 0 saturated heterocycles. The number of aromatic carboxylic acids is 1. The van der Waals surface area contributed by atoms with Gasteiger partial charge in [0.25, 0.3) is 0 Å². The lowest BCUT2D eigenvalue weighted by Crippen LogP contribution is -2.25. The number of carboxylic acid groups (broad SMARTS) is 1. The largest absolute Gasteiger partial charge is 0.477 e. The van der Waals surface area contributed by atoms with Crippen molar-refractivity contribution in [3.8, 4) is 0 Å². The number of hydrogen-bond acceptors (Lipinski definition) is 4. The Morgan fingerprint density at radius 3 is 2.61 bits per heavy atom. The predicted octanol–water partition coefficient (Wildman–Crippen LogP) is 2.98. The summed E-state index contributed by atoms with van der Waals surface area (Å²) in [5, 5.41) is 9.14. The minimum absolute atomic E-state index is 0.0477. The molecule has 0 bridgehead atoms. The lowest BCUT2D eigenvalue weighted by molar-refractivity contribution is -0.149. The van der Waals surface area contributed by atoms with E-state index in [-0.39, 0.29) is 12.2 Å². The SMILES string of the molecule is C=C/C=C\C(Cn1cncc1C(=O)O)=C(/C)C(=O)OC(C)(C)C. The number of hydrogen-bond donors (Lipinski definition) is 1. The van der Waals surface area contributed by atoms with E-state index in [1.165, 1.54) is 17.1 Å². The number of aromatic nitrogens is 2. The van der Waals surface area contributed by atoms with Crippen LogP contribution in [0.4, 0.5) is 0 Å². The van der Waals surface area contributed by atoms with Crippen LogP contribution in [-0.4, -0.2) is 32.2 Å². The number of nitrogens with zero attached hydrogens (tertiary/aromatic N) is 2. The van der Waals surface area contributed by atoms with E-state index in [1.54, 1.807) is 45.9 Å². The lowest BCUT2D eigenvalue weighted by atomic mass is 10.1. The van der Waals surface area contributed by atoms with Crippen molar-refractivity contribution in [2.24, 2.45) is 0 Å². The van der Waals surface area contributed by atoms with Gasteiger partial charge >= 0.3 is 11.9 Å². The van der Waals surface area contributed by atoms with Gasteiger partial charge in [-0.15, -0.1) is 0 Å². The van der Waals surface area contributed by atoms with E-state index in [0.717, 1.165) is 0 Å². The molecule has 0 fully saturated rings. The van der Waals surface area contributed by atoms with Crippen molar-refractivity contribution in [3.63, 3.8) is 0 Å². The van der Waals surface area contributed by atoms with Gasteiger partial charge in [-0.25, -0.2) is 14.6 Å². The molecule has 1 aromatic heterocycles. The van der Waals surface area contributed by atoms with E-state index < -0.39 is 17.5 Å². The Hall–Kier alpha value is -2.63. The van der Waals surface area contributed by atoms with Crippen molar-refractivity contribution in [2.45, 2.75) is 39.8 Å². The van der Waals surface area contributed by atoms with E-state index in [0.29, 0.717) is 11.1 Å². The number of esters is 1. The molecule has 1 heterocycles. The van der Waals surface area contributed by atoms with Gasteiger partial charge in [0.15, 0.2) is 0 Å². The third-order valence-electron chi connectivity index (χ3n) is 2.89. The van der Waals surface area contributed by atoms with Crippen LogP contribution in [0.3, 0.4) is 0 Å². The van der Waals surface area contributed by atoms with E-state index >= 15 is 0 Å². The van der Waals surface area contributed by atoms with Crippen molar-refractivity contribution in [1.29, 1.82) is 0 Å². The minimum atomic E-state index is -1.08. The molecule has 0 aliphatic rings. The maximum atomic E-state index is 12.2. The number of carbonyl (C=O) groups is 2. The fraction of sp³-hybridized carbons (Fsp3) is 0.353. The predicted molar refractivity (Wildman–Crippen MR) is 87.1 cm³/mol. The zero-order chi connectivity index (χ0) is 17.6. The standard InChI is InChI=1S/C17H22N2O4/c1-6-7-8-13(12(2)16(22)23-17(3,4)5)10-19-11-18-9-14(19)15(20)21/h6-9,11H,1,10H2,2-5H3,(H,20,21)/b8-7-,13-12-. The smallest absolute Gasteiger partial charge is 0.354 e. The highest BCUT2D eigenvalue weighted by Crippen LogP contribution is 2.16. The van der Waals surface area contributed by atoms with Crippen LogP contribution in [0, 0.1) is 0 Å². The van der Waals surface area contributed by atoms with Gasteiger partial charge < -0.3 is 14.4 Å². The van der Waals surface area contributed by atoms with Crippen LogP contribution in [0.25, 0.3) is 0 Å². The van der Waals surface area contributed by atoms with Gasteiger partial charge in [0.2, 0.25) is 0 Å². The van der Waals surface area contributed by atoms with Crippen LogP contribution >= 0.6 is 0 Å². The third kappa shape index (κ3) is 5.58. The lowest BCUT2D eigenvalue weighted by Gasteiger charge is -2.20. The maximum Gasteiger partial charge on any atom is 0.354 e. The van der Waals surface area contributed by atoms with E-state index in [2.05, 4.69) is 11.6 Å². The number of rotatable bonds is 6. The highest BCUT2D eigenvalue weighted by Gasteiger charge is 2.20. The molecule has 1 aromatic rings. The Balaban J connectivity index is 3.18. The summed E-state index contributed by atoms with van der Waals surface area (Å²) in [6.07, 6.45) is 7.64. The van der Waals surface area contributed by atoms with Gasteiger partial charge in [-0.3, -0.25) is 0 Å². The number of ether oxygens (including phenoxy) is 1. The van der Waals surface area contributed by atoms with Crippen LogP contribution in [0.5, 0.6) is 0 Å². The molecular formula is C17H22N2O4. The normalized spacial score (nSPS) is 12.9. The fourth-order valence-electron chi connectivity index (χ4n) is 1.77. The van der Waals surface area contributed by atoms with E-state index in [4.69, 9.17) is 9.84 Å². The summed E-state index contributed by atoms with van der Waals surface area (Å²) >= 11 is 0. The molecule has 0 aliphatic carbocycles. The Kier molecular flexibility index (Phi) is 6.07. The average molecular weight is 318 g/mol. The van der Waals surface area contributed by atoms with Crippen LogP contribution < -0.4 is 0 Å². The maximum absolute atomic E-state index is 12.2. The minimum Gasteiger partial charge on any atom is -0.477 e. The highest BCUT2D eigenvalue weighted by molar-refractivity contribution is 5.89. The van der Waals surface area contributed by atoms with Crippen molar-refractivity contribution >= 4 is 11.9 Å². The summed E-state index contributed by atoms with van der Waals surface area (Å²) in [5.74, 6) is -1.53. The quantitative estimate of drug-likeness (QED) is 0.495. The first-order valence-corrected chi connectivity index (χ1v) is 7.11. The second-order valence-corrected chi connectivity index (χ2v) is 5.96. The molecule has 0 atom stereocenters. The molecule has 6 nitrogen and oxygen atoms in total. The van der Waals surface area contributed by atoms with E-state index in [9.17, 15) is 9.59 Å². The molecule has 1 N–H and O–H groups in total. The molecule has 23 heavy (non-hydrogen) atoms. The van der Waals surface area contributed by atoms with Crippen molar-refractivity contribution in [1.82, 2.24) is 9.55 Å². The van der Waals surface area contributed by atoms with Gasteiger partial charge in [-0.05, 0) is 33.3 Å². The topological polar surface area (TPSA) is 81.4 Å². The Morgan fingerprint density at radius 2 is 2.09 bits per heavy atom. The third-order valence-corrected chi connectivity index (χ3v) is 2.89. The molecule has 6 heteroatoms. The van der Waals surface area contributed by atoms with Gasteiger partial charge in [0.05, 0.1) is 12.5 Å². The monoisotopic (exact) mass is 318 g/mol. The van der Waals surface area contributed by atoms with Crippen LogP contribution in [0.2, 0.25) is 0 Å². The van der Waals surface area contributed by atoms with E-state index in [1.807, 2.05) is 0 Å². The Bertz CT molecular complexity index is 660. The van der Waals surface area contributed by atoms with Crippen LogP contribution in [0.1, 0.15) is 38.2 Å². The molecule has 0 unspecified atom stereocenters. The van der Waals surface area contributed by atoms with Crippen LogP contribution in [0.15, 0.2) is 48.5 Å². The average Bonchev–Trinajstić information content (AvgIpc) is 2.89. The summed E-state index contributed by atoms with van der Waals surface area (Å²) in [5.41, 5.74) is 0.474. The molecule has 0 spiro atoms. The Labute approximate surface area is 135 Å². The van der Waals surface area contributed by atoms with Gasteiger partial charge in [-0.2, -0.15) is 0 Å². The summed E-state index contributed by atoms with van der Waals surface area (Å²) in [6, 6.07) is 0. The van der Waals surface area contributed by atoms with Crippen molar-refractivity contribution < 1.29 is 19.4 Å². The van der Waals surface area contributed by atoms with Crippen molar-refractivity contribution in [2.75, 3.05) is 0 Å². The zero-order valence-corrected chi connectivity index (χ0v) is 13.9. The first kappa shape index (κ1) is 18.4. The van der Waals surface area contributed by atoms with Gasteiger partial charge in [0, 0.05) is 12.1 Å². The second-order valence-electron chi connectivity index (χ2n) is 5.96. The van der Waals surface area contributed by atoms with Crippen molar-refractivity contribution in [3.05, 3.63) is 54.2 Å². The Morgan fingerprint density at radius 1 is 1.43 bits per heavy atom. The summed E-state index contributed by atoms with van der Waals surface area (Å²) < 4.78 is 6.82. The molecule has 0 amide bonds. The molecule has 124 valence electrons. The number of imidazole rings is 1. The molecule has 1 rings (SSSR count). The van der Waals surface area contributed by atoms with Crippen LogP contribution in [-0.2, 0) is 16.1 Å². The number of carbonyl (C=O) groups excluding carboxylic acids is 1.